The molecule has 0 saturated carbocycles. The number of amidine groups is 1. The molecule has 0 radical (unpaired) electrons. The molecule has 0 aliphatic carbocycles. The van der Waals surface area contributed by atoms with Crippen LogP contribution in [0, 0.1) is 0 Å². The molecule has 1 aromatic carbocycles. The van der Waals surface area contributed by atoms with E-state index >= 15 is 0 Å². The van der Waals surface area contributed by atoms with Crippen LogP contribution in [-0.4, -0.2) is 52.3 Å². The Morgan fingerprint density at radius 1 is 1.12 bits per heavy atom. The fraction of sp³-hybridized carbons (Fsp3) is 0.346. The first kappa shape index (κ1) is 29.9. The molecule has 9 nitrogen and oxygen atoms in total. The van der Waals surface area contributed by atoms with Gasteiger partial charge in [-0.15, -0.1) is 0 Å². The fourth-order valence-corrected chi connectivity index (χ4v) is 4.55. The summed E-state index contributed by atoms with van der Waals surface area (Å²) in [6, 6.07) is 8.00. The van der Waals surface area contributed by atoms with Crippen molar-refractivity contribution in [2.45, 2.75) is 36.8 Å². The van der Waals surface area contributed by atoms with Crippen LogP contribution >= 0.6 is 0 Å². The average molecular weight is 584 g/mol. The molecule has 7 N–H and O–H groups in total. The first-order valence-electron chi connectivity index (χ1n) is 12.4. The molecule has 1 aliphatic rings. The lowest BCUT2D eigenvalue weighted by atomic mass is 9.86. The van der Waals surface area contributed by atoms with Crippen molar-refractivity contribution in [2.24, 2.45) is 16.5 Å². The predicted molar refractivity (Wildman–Crippen MR) is 141 cm³/mol. The molecule has 0 bridgehead atoms. The number of benzene rings is 1. The Labute approximate surface area is 229 Å². The summed E-state index contributed by atoms with van der Waals surface area (Å²) in [5.41, 5.74) is 10.2. The van der Waals surface area contributed by atoms with Crippen LogP contribution in [0.2, 0.25) is 0 Å². The number of piperidine rings is 1. The Hall–Kier alpha value is -4.11. The lowest BCUT2D eigenvalue weighted by Crippen LogP contribution is -2.54. The van der Waals surface area contributed by atoms with Crippen molar-refractivity contribution in [2.75, 3.05) is 29.9 Å². The average Bonchev–Trinajstić information content (AvgIpc) is 2.92. The maximum atomic E-state index is 13.1. The molecule has 1 atom stereocenters. The Morgan fingerprint density at radius 3 is 2.37 bits per heavy atom. The number of rotatable bonds is 7. The maximum Gasteiger partial charge on any atom is 0.418 e. The molecular formula is C26H27F6N7O2. The highest BCUT2D eigenvalue weighted by Gasteiger charge is 2.39. The minimum Gasteiger partial charge on any atom is -0.383 e. The van der Waals surface area contributed by atoms with E-state index < -0.39 is 35.1 Å². The molecule has 3 heterocycles. The van der Waals surface area contributed by atoms with Gasteiger partial charge >= 0.3 is 12.4 Å². The summed E-state index contributed by atoms with van der Waals surface area (Å²) in [6.45, 7) is 0.788. The molecule has 0 amide bonds. The number of halogens is 6. The van der Waals surface area contributed by atoms with E-state index in [4.69, 9.17) is 11.5 Å². The van der Waals surface area contributed by atoms with E-state index in [0.717, 1.165) is 30.5 Å². The third-order valence-corrected chi connectivity index (χ3v) is 6.89. The number of anilines is 2. The van der Waals surface area contributed by atoms with Crippen molar-refractivity contribution in [3.8, 4) is 0 Å². The number of hydrogen-bond donors (Lipinski definition) is 5. The number of hydrogen-bond acceptors (Lipinski definition) is 7. The number of aliphatic imine (C=N–C) groups is 1. The summed E-state index contributed by atoms with van der Waals surface area (Å²) in [6.07, 6.45) is -8.70. The highest BCUT2D eigenvalue weighted by atomic mass is 19.4. The lowest BCUT2D eigenvalue weighted by molar-refractivity contribution is -0.206. The van der Waals surface area contributed by atoms with Crippen LogP contribution in [0.5, 0.6) is 0 Å². The van der Waals surface area contributed by atoms with E-state index in [-0.39, 0.29) is 35.0 Å². The summed E-state index contributed by atoms with van der Waals surface area (Å²) >= 11 is 0. The van der Waals surface area contributed by atoms with Gasteiger partial charge in [0, 0.05) is 32.0 Å². The van der Waals surface area contributed by atoms with Gasteiger partial charge in [0.25, 0.3) is 5.56 Å². The number of alkyl halides is 6. The van der Waals surface area contributed by atoms with Crippen LogP contribution in [0.15, 0.2) is 64.6 Å². The van der Waals surface area contributed by atoms with Gasteiger partial charge in [0.05, 0.1) is 22.5 Å². The molecule has 0 spiro atoms. The van der Waals surface area contributed by atoms with Crippen molar-refractivity contribution in [3.05, 3.63) is 81.9 Å². The number of aromatic amines is 1. The van der Waals surface area contributed by atoms with Gasteiger partial charge in [0.2, 0.25) is 0 Å². The lowest BCUT2D eigenvalue weighted by Gasteiger charge is -2.43. The van der Waals surface area contributed by atoms with Gasteiger partial charge in [-0.1, -0.05) is 12.1 Å². The zero-order valence-electron chi connectivity index (χ0n) is 21.4. The largest absolute Gasteiger partial charge is 0.418 e. The number of aliphatic hydroxyl groups excluding tert-OH is 1. The van der Waals surface area contributed by atoms with Crippen LogP contribution in [0.1, 0.15) is 35.6 Å². The maximum absolute atomic E-state index is 13.1. The van der Waals surface area contributed by atoms with E-state index in [1.165, 1.54) is 18.3 Å². The van der Waals surface area contributed by atoms with Crippen LogP contribution in [0.4, 0.5) is 43.5 Å². The van der Waals surface area contributed by atoms with Gasteiger partial charge in [-0.2, -0.15) is 26.3 Å². The fourth-order valence-electron chi connectivity index (χ4n) is 4.55. The van der Waals surface area contributed by atoms with Crippen molar-refractivity contribution >= 4 is 23.0 Å². The second kappa shape index (κ2) is 11.4. The van der Waals surface area contributed by atoms with Crippen molar-refractivity contribution < 1.29 is 31.4 Å². The van der Waals surface area contributed by atoms with Crippen LogP contribution in [0.3, 0.4) is 0 Å². The van der Waals surface area contributed by atoms with Crippen LogP contribution < -0.4 is 27.2 Å². The monoisotopic (exact) mass is 583 g/mol. The van der Waals surface area contributed by atoms with Gasteiger partial charge in [0.1, 0.15) is 17.2 Å². The SMILES string of the molecule is NCC1(Nc2cc[nH]c(=O)c2C(N)=Nc2ccc(C(O)C(F)(F)F)cc2)CCN(c2cc(C(F)(F)F)ccn2)CC1. The second-order valence-corrected chi connectivity index (χ2v) is 9.63. The van der Waals surface area contributed by atoms with E-state index in [1.807, 2.05) is 0 Å². The number of aromatic nitrogens is 2. The molecule has 4 rings (SSSR count). The first-order chi connectivity index (χ1) is 19.2. The number of nitrogens with zero attached hydrogens (tertiary/aromatic N) is 3. The van der Waals surface area contributed by atoms with Gasteiger partial charge in [-0.25, -0.2) is 9.98 Å². The van der Waals surface area contributed by atoms with Crippen LogP contribution in [-0.2, 0) is 6.18 Å². The molecular weight excluding hydrogens is 556 g/mol. The van der Waals surface area contributed by atoms with Crippen molar-refractivity contribution in [3.63, 3.8) is 0 Å². The van der Waals surface area contributed by atoms with E-state index in [2.05, 4.69) is 20.3 Å². The number of nitrogens with two attached hydrogens (primary N) is 2. The van der Waals surface area contributed by atoms with Gasteiger partial charge in [-0.3, -0.25) is 4.79 Å². The Bertz CT molecular complexity index is 1450. The summed E-state index contributed by atoms with van der Waals surface area (Å²) in [7, 11) is 0. The highest BCUT2D eigenvalue weighted by molar-refractivity contribution is 6.03. The van der Waals surface area contributed by atoms with Gasteiger partial charge in [-0.05, 0) is 48.7 Å². The van der Waals surface area contributed by atoms with Crippen LogP contribution in [0.25, 0.3) is 0 Å². The van der Waals surface area contributed by atoms with Crippen molar-refractivity contribution in [1.29, 1.82) is 0 Å². The van der Waals surface area contributed by atoms with Gasteiger partial charge < -0.3 is 31.8 Å². The Morgan fingerprint density at radius 2 is 1.78 bits per heavy atom. The quantitative estimate of drug-likeness (QED) is 0.162. The standard InChI is InChI=1S/C26H27F6N7O2/c27-25(28,29)16-5-9-35-19(13-16)39-11-7-24(14-33,8-12-39)38-18-6-10-36-23(41)20(18)22(34)37-17-3-1-15(2-4-17)21(40)26(30,31)32/h1-6,9-10,13,21,40H,7-8,11-12,14,33H2,(H2,34,37)(H2,36,38,41). The summed E-state index contributed by atoms with van der Waals surface area (Å²) in [4.78, 5) is 25.2. The first-order valence-corrected chi connectivity index (χ1v) is 12.4. The predicted octanol–water partition coefficient (Wildman–Crippen LogP) is 3.83. The number of pyridine rings is 2. The molecule has 2 aromatic heterocycles. The van der Waals surface area contributed by atoms with E-state index in [0.29, 0.717) is 31.6 Å². The number of nitrogens with one attached hydrogen (secondary N) is 2. The molecule has 41 heavy (non-hydrogen) atoms. The van der Waals surface area contributed by atoms with Crippen molar-refractivity contribution in [1.82, 2.24) is 9.97 Å². The molecule has 1 aliphatic heterocycles. The Balaban J connectivity index is 1.54. The molecule has 1 fully saturated rings. The smallest absolute Gasteiger partial charge is 0.383 e. The zero-order valence-corrected chi connectivity index (χ0v) is 21.4. The molecule has 15 heteroatoms. The number of aliphatic hydroxyl groups is 1. The summed E-state index contributed by atoms with van der Waals surface area (Å²) in [5.74, 6) is -0.0383. The Kier molecular flexibility index (Phi) is 8.31. The third kappa shape index (κ3) is 6.79. The third-order valence-electron chi connectivity index (χ3n) is 6.89. The normalized spacial score (nSPS) is 16.9. The number of H-pyrrole nitrogens is 1. The second-order valence-electron chi connectivity index (χ2n) is 9.63. The molecule has 1 saturated heterocycles. The van der Waals surface area contributed by atoms with E-state index in [1.54, 1.807) is 11.0 Å². The topological polar surface area (TPSA) is 146 Å². The molecule has 220 valence electrons. The van der Waals surface area contributed by atoms with Gasteiger partial charge in [0.15, 0.2) is 6.10 Å². The molecule has 3 aromatic rings. The highest BCUT2D eigenvalue weighted by Crippen LogP contribution is 2.34. The summed E-state index contributed by atoms with van der Waals surface area (Å²) in [5, 5.41) is 12.7. The molecule has 1 unspecified atom stereocenters. The minimum atomic E-state index is -4.83. The minimum absolute atomic E-state index is 0.0262. The summed E-state index contributed by atoms with van der Waals surface area (Å²) < 4.78 is 77.8. The zero-order chi connectivity index (χ0) is 30.0. The van der Waals surface area contributed by atoms with E-state index in [9.17, 15) is 36.2 Å².